The van der Waals surface area contributed by atoms with Crippen molar-refractivity contribution >= 4 is 17.3 Å². The molecule has 0 aliphatic carbocycles. The van der Waals surface area contributed by atoms with E-state index in [0.717, 1.165) is 50.6 Å². The summed E-state index contributed by atoms with van der Waals surface area (Å²) >= 11 is 0. The molecule has 0 radical (unpaired) electrons. The Hall–Kier alpha value is -1.55. The Bertz CT molecular complexity index is 520. The molecule has 1 atom stereocenters. The number of carbonyl (C=O) groups excluding carboxylic acids is 1. The van der Waals surface area contributed by atoms with Gasteiger partial charge < -0.3 is 15.1 Å². The summed E-state index contributed by atoms with van der Waals surface area (Å²) in [6.07, 6.45) is 4.66. The minimum absolute atomic E-state index is 0.122. The van der Waals surface area contributed by atoms with Crippen molar-refractivity contribution in [3.8, 4) is 0 Å². The van der Waals surface area contributed by atoms with Gasteiger partial charge in [-0.25, -0.2) is 0 Å². The molecular formula is C19H29N3O. The van der Waals surface area contributed by atoms with Crippen LogP contribution in [0.1, 0.15) is 32.6 Å². The summed E-state index contributed by atoms with van der Waals surface area (Å²) in [5.74, 6) is 1.13. The molecule has 1 aromatic rings. The van der Waals surface area contributed by atoms with Crippen molar-refractivity contribution in [2.24, 2.45) is 11.8 Å². The standard InChI is InChI=1S/C19H29N3O/c1-15-9-12-22(13-10-15)18-7-5-17(6-8-18)20-19(23)16-4-3-11-21(2)14-16/h5-8,15-16H,3-4,9-14H2,1-2H3,(H,20,23). The highest BCUT2D eigenvalue weighted by Crippen LogP contribution is 2.25. The fourth-order valence-corrected chi connectivity index (χ4v) is 3.65. The molecule has 2 heterocycles. The molecular weight excluding hydrogens is 286 g/mol. The van der Waals surface area contributed by atoms with Gasteiger partial charge in [0.2, 0.25) is 5.91 Å². The first-order chi connectivity index (χ1) is 11.1. The molecule has 3 rings (SSSR count). The van der Waals surface area contributed by atoms with Crippen LogP contribution in [0, 0.1) is 11.8 Å². The second-order valence-corrected chi connectivity index (χ2v) is 7.31. The van der Waals surface area contributed by atoms with Gasteiger partial charge in [0.05, 0.1) is 5.92 Å². The molecule has 0 spiro atoms. The van der Waals surface area contributed by atoms with E-state index < -0.39 is 0 Å². The van der Waals surface area contributed by atoms with Gasteiger partial charge in [0.15, 0.2) is 0 Å². The van der Waals surface area contributed by atoms with Gasteiger partial charge in [-0.2, -0.15) is 0 Å². The molecule has 23 heavy (non-hydrogen) atoms. The molecule has 2 saturated heterocycles. The summed E-state index contributed by atoms with van der Waals surface area (Å²) in [4.78, 5) is 17.1. The molecule has 2 fully saturated rings. The third-order valence-corrected chi connectivity index (χ3v) is 5.28. The van der Waals surface area contributed by atoms with Crippen molar-refractivity contribution in [2.75, 3.05) is 43.4 Å². The third kappa shape index (κ3) is 4.25. The first-order valence-electron chi connectivity index (χ1n) is 8.96. The summed E-state index contributed by atoms with van der Waals surface area (Å²) in [5.41, 5.74) is 2.18. The molecule has 4 heteroatoms. The predicted molar refractivity (Wildman–Crippen MR) is 95.9 cm³/mol. The van der Waals surface area contributed by atoms with Gasteiger partial charge in [-0.05, 0) is 69.5 Å². The van der Waals surface area contributed by atoms with Crippen molar-refractivity contribution in [1.82, 2.24) is 4.90 Å². The van der Waals surface area contributed by atoms with E-state index in [4.69, 9.17) is 0 Å². The van der Waals surface area contributed by atoms with Crippen molar-refractivity contribution in [2.45, 2.75) is 32.6 Å². The van der Waals surface area contributed by atoms with E-state index >= 15 is 0 Å². The molecule has 1 aromatic carbocycles. The number of likely N-dealkylation sites (tertiary alicyclic amines) is 1. The van der Waals surface area contributed by atoms with Crippen LogP contribution in [-0.2, 0) is 4.79 Å². The number of amides is 1. The zero-order chi connectivity index (χ0) is 16.2. The van der Waals surface area contributed by atoms with E-state index in [9.17, 15) is 4.79 Å². The van der Waals surface area contributed by atoms with Gasteiger partial charge in [0, 0.05) is 31.0 Å². The zero-order valence-electron chi connectivity index (χ0n) is 14.4. The zero-order valence-corrected chi connectivity index (χ0v) is 14.4. The van der Waals surface area contributed by atoms with Gasteiger partial charge in [-0.3, -0.25) is 4.79 Å². The van der Waals surface area contributed by atoms with Crippen LogP contribution in [-0.4, -0.2) is 44.0 Å². The Kier molecular flexibility index (Phi) is 5.21. The average molecular weight is 315 g/mol. The molecule has 2 aliphatic heterocycles. The molecule has 0 bridgehead atoms. The number of hydrogen-bond donors (Lipinski definition) is 1. The maximum atomic E-state index is 12.4. The number of hydrogen-bond acceptors (Lipinski definition) is 3. The van der Waals surface area contributed by atoms with Gasteiger partial charge >= 0.3 is 0 Å². The lowest BCUT2D eigenvalue weighted by Crippen LogP contribution is -2.38. The molecule has 0 aromatic heterocycles. The van der Waals surface area contributed by atoms with Crippen LogP contribution in [0.15, 0.2) is 24.3 Å². The van der Waals surface area contributed by atoms with E-state index in [1.807, 2.05) is 12.1 Å². The van der Waals surface area contributed by atoms with E-state index in [-0.39, 0.29) is 11.8 Å². The number of carbonyl (C=O) groups is 1. The van der Waals surface area contributed by atoms with Gasteiger partial charge in [0.25, 0.3) is 0 Å². The quantitative estimate of drug-likeness (QED) is 0.930. The second kappa shape index (κ2) is 7.35. The highest BCUT2D eigenvalue weighted by Gasteiger charge is 2.24. The number of benzene rings is 1. The lowest BCUT2D eigenvalue weighted by atomic mass is 9.97. The van der Waals surface area contributed by atoms with Crippen molar-refractivity contribution in [3.05, 3.63) is 24.3 Å². The van der Waals surface area contributed by atoms with Crippen LogP contribution in [0.25, 0.3) is 0 Å². The lowest BCUT2D eigenvalue weighted by Gasteiger charge is -2.32. The number of anilines is 2. The van der Waals surface area contributed by atoms with Crippen LogP contribution in [0.4, 0.5) is 11.4 Å². The minimum atomic E-state index is 0.122. The molecule has 1 N–H and O–H groups in total. The average Bonchev–Trinajstić information content (AvgIpc) is 2.56. The smallest absolute Gasteiger partial charge is 0.228 e. The minimum Gasteiger partial charge on any atom is -0.372 e. The maximum Gasteiger partial charge on any atom is 0.228 e. The Morgan fingerprint density at radius 3 is 2.43 bits per heavy atom. The largest absolute Gasteiger partial charge is 0.372 e. The monoisotopic (exact) mass is 315 g/mol. The predicted octanol–water partition coefficient (Wildman–Crippen LogP) is 3.20. The number of piperidine rings is 2. The van der Waals surface area contributed by atoms with Gasteiger partial charge in [-0.15, -0.1) is 0 Å². The fourth-order valence-electron chi connectivity index (χ4n) is 3.65. The molecule has 2 aliphatic rings. The fraction of sp³-hybridized carbons (Fsp3) is 0.632. The Balaban J connectivity index is 1.56. The van der Waals surface area contributed by atoms with Gasteiger partial charge in [-0.1, -0.05) is 6.92 Å². The van der Waals surface area contributed by atoms with E-state index in [1.165, 1.54) is 18.5 Å². The highest BCUT2D eigenvalue weighted by atomic mass is 16.1. The maximum absolute atomic E-state index is 12.4. The van der Waals surface area contributed by atoms with Crippen molar-refractivity contribution in [3.63, 3.8) is 0 Å². The summed E-state index contributed by atoms with van der Waals surface area (Å²) in [7, 11) is 2.09. The Morgan fingerprint density at radius 2 is 1.78 bits per heavy atom. The topological polar surface area (TPSA) is 35.6 Å². The van der Waals surface area contributed by atoms with E-state index in [2.05, 4.69) is 41.2 Å². The normalized spacial score (nSPS) is 23.7. The van der Waals surface area contributed by atoms with Gasteiger partial charge in [0.1, 0.15) is 0 Å². The van der Waals surface area contributed by atoms with Crippen LogP contribution in [0.2, 0.25) is 0 Å². The first kappa shape index (κ1) is 16.3. The van der Waals surface area contributed by atoms with Crippen LogP contribution in [0.3, 0.4) is 0 Å². The number of nitrogens with zero attached hydrogens (tertiary/aromatic N) is 2. The van der Waals surface area contributed by atoms with Crippen molar-refractivity contribution < 1.29 is 4.79 Å². The summed E-state index contributed by atoms with van der Waals surface area (Å²) in [6, 6.07) is 8.35. The molecule has 0 saturated carbocycles. The van der Waals surface area contributed by atoms with E-state index in [0.29, 0.717) is 0 Å². The first-order valence-corrected chi connectivity index (χ1v) is 8.96. The summed E-state index contributed by atoms with van der Waals surface area (Å²) in [6.45, 7) is 6.59. The SMILES string of the molecule is CC1CCN(c2ccc(NC(=O)C3CCCN(C)C3)cc2)CC1. The molecule has 4 nitrogen and oxygen atoms in total. The Labute approximate surface area is 139 Å². The molecule has 1 amide bonds. The van der Waals surface area contributed by atoms with E-state index in [1.54, 1.807) is 0 Å². The Morgan fingerprint density at radius 1 is 1.09 bits per heavy atom. The summed E-state index contributed by atoms with van der Waals surface area (Å²) < 4.78 is 0. The molecule has 126 valence electrons. The van der Waals surface area contributed by atoms with Crippen LogP contribution < -0.4 is 10.2 Å². The van der Waals surface area contributed by atoms with Crippen LogP contribution >= 0.6 is 0 Å². The van der Waals surface area contributed by atoms with Crippen molar-refractivity contribution in [1.29, 1.82) is 0 Å². The molecule has 1 unspecified atom stereocenters. The number of nitrogens with one attached hydrogen (secondary N) is 1. The van der Waals surface area contributed by atoms with Crippen LogP contribution in [0.5, 0.6) is 0 Å². The second-order valence-electron chi connectivity index (χ2n) is 7.31. The lowest BCUT2D eigenvalue weighted by molar-refractivity contribution is -0.121. The highest BCUT2D eigenvalue weighted by molar-refractivity contribution is 5.92. The number of rotatable bonds is 3. The summed E-state index contributed by atoms with van der Waals surface area (Å²) in [5, 5.41) is 3.09. The third-order valence-electron chi connectivity index (χ3n) is 5.28.